The van der Waals surface area contributed by atoms with Crippen LogP contribution in [0.2, 0.25) is 0 Å². The van der Waals surface area contributed by atoms with Crippen molar-refractivity contribution in [2.75, 3.05) is 24.6 Å². The fraction of sp³-hybridized carbons (Fsp3) is 0.676. The number of benzene rings is 1. The lowest BCUT2D eigenvalue weighted by Crippen LogP contribution is -2.28. The Hall–Kier alpha value is -1.96. The van der Waals surface area contributed by atoms with E-state index in [1.165, 1.54) is 86.7 Å². The molecular formula is C37H67NO. The summed E-state index contributed by atoms with van der Waals surface area (Å²) in [5, 5.41) is 0. The summed E-state index contributed by atoms with van der Waals surface area (Å²) in [6, 6.07) is 8.75. The summed E-state index contributed by atoms with van der Waals surface area (Å²) in [5.74, 6) is 0. The molecule has 3 rings (SSSR count). The van der Waals surface area contributed by atoms with Gasteiger partial charge in [0.1, 0.15) is 0 Å². The average Bonchev–Trinajstić information content (AvgIpc) is 2.94. The third kappa shape index (κ3) is 19.7. The van der Waals surface area contributed by atoms with Crippen LogP contribution in [0.3, 0.4) is 0 Å². The van der Waals surface area contributed by atoms with Gasteiger partial charge < -0.3 is 9.64 Å². The van der Waals surface area contributed by atoms with Gasteiger partial charge in [-0.05, 0) is 89.3 Å². The second-order valence-electron chi connectivity index (χ2n) is 11.0. The molecule has 1 aromatic rings. The molecule has 1 saturated carbocycles. The van der Waals surface area contributed by atoms with Crippen LogP contribution in [0, 0.1) is 5.41 Å². The highest BCUT2D eigenvalue weighted by Gasteiger charge is 2.20. The van der Waals surface area contributed by atoms with Gasteiger partial charge in [0.05, 0.1) is 12.9 Å². The Morgan fingerprint density at radius 3 is 1.97 bits per heavy atom. The van der Waals surface area contributed by atoms with Crippen LogP contribution in [0.25, 0.3) is 0 Å². The normalized spacial score (nSPS) is 16.4. The predicted molar refractivity (Wildman–Crippen MR) is 180 cm³/mol. The zero-order valence-corrected chi connectivity index (χ0v) is 28.4. The van der Waals surface area contributed by atoms with Crippen molar-refractivity contribution in [2.45, 2.75) is 141 Å². The first-order valence-electron chi connectivity index (χ1n) is 16.2. The van der Waals surface area contributed by atoms with E-state index in [0.29, 0.717) is 5.41 Å². The standard InChI is InChI=1S/C14H24O.C11H15N.C8H16.2C2H6/c1-6-8-12(3)9-13(4)10-14(5)11-15-7-2;1-2-12-9-5-7-10-6-3-4-8-11(10)12;1-8(2)6-4-3-5-7-8;2*1-2/h9-11H,6-8H2,1-5H3;3-4,6,8H,2,5,7,9H2,1H3;3-7H2,1-2H3;2*1-2H3/b12-9+,13-10-,14-11+;;;;. The fourth-order valence-corrected chi connectivity index (χ4v) is 4.95. The molecule has 0 N–H and O–H groups in total. The smallest absolute Gasteiger partial charge is 0.0857 e. The van der Waals surface area contributed by atoms with Gasteiger partial charge in [0.25, 0.3) is 0 Å². The van der Waals surface area contributed by atoms with Crippen molar-refractivity contribution in [2.24, 2.45) is 5.41 Å². The Bertz CT molecular complexity index is 791. The molecule has 2 aliphatic rings. The number of aryl methyl sites for hydroxylation is 1. The molecule has 1 aliphatic carbocycles. The van der Waals surface area contributed by atoms with Crippen molar-refractivity contribution in [3.8, 4) is 0 Å². The maximum absolute atomic E-state index is 5.22. The van der Waals surface area contributed by atoms with E-state index in [1.807, 2.05) is 40.9 Å². The molecule has 1 heterocycles. The van der Waals surface area contributed by atoms with Crippen LogP contribution in [0.15, 0.2) is 59.4 Å². The minimum atomic E-state index is 0.679. The zero-order valence-electron chi connectivity index (χ0n) is 28.4. The van der Waals surface area contributed by atoms with Gasteiger partial charge in [-0.15, -0.1) is 0 Å². The van der Waals surface area contributed by atoms with Gasteiger partial charge in [0.2, 0.25) is 0 Å². The van der Waals surface area contributed by atoms with E-state index in [9.17, 15) is 0 Å². The highest BCUT2D eigenvalue weighted by molar-refractivity contribution is 5.55. The summed E-state index contributed by atoms with van der Waals surface area (Å²) in [4.78, 5) is 2.46. The fourth-order valence-electron chi connectivity index (χ4n) is 4.95. The molecule has 1 aliphatic heterocycles. The van der Waals surface area contributed by atoms with Crippen LogP contribution < -0.4 is 4.90 Å². The summed E-state index contributed by atoms with van der Waals surface area (Å²) < 4.78 is 5.22. The van der Waals surface area contributed by atoms with Gasteiger partial charge in [-0.3, -0.25) is 0 Å². The zero-order chi connectivity index (χ0) is 30.1. The van der Waals surface area contributed by atoms with Crippen molar-refractivity contribution < 1.29 is 4.74 Å². The molecule has 0 bridgehead atoms. The van der Waals surface area contributed by atoms with Gasteiger partial charge >= 0.3 is 0 Å². The monoisotopic (exact) mass is 542 g/mol. The van der Waals surface area contributed by atoms with Crippen molar-refractivity contribution in [3.63, 3.8) is 0 Å². The van der Waals surface area contributed by atoms with Crippen molar-refractivity contribution >= 4 is 5.69 Å². The van der Waals surface area contributed by atoms with E-state index in [4.69, 9.17) is 4.74 Å². The lowest BCUT2D eigenvalue weighted by Gasteiger charge is -2.29. The maximum Gasteiger partial charge on any atom is 0.0857 e. The summed E-state index contributed by atoms with van der Waals surface area (Å²) in [5.41, 5.74) is 7.54. The number of allylic oxidation sites excluding steroid dienone is 5. The van der Waals surface area contributed by atoms with Gasteiger partial charge in [0, 0.05) is 18.8 Å². The first-order valence-corrected chi connectivity index (χ1v) is 16.2. The van der Waals surface area contributed by atoms with Gasteiger partial charge in [-0.2, -0.15) is 0 Å². The van der Waals surface area contributed by atoms with E-state index in [2.05, 4.69) is 89.8 Å². The highest BCUT2D eigenvalue weighted by Crippen LogP contribution is 2.34. The molecule has 0 unspecified atom stereocenters. The number of rotatable bonds is 7. The first-order chi connectivity index (χ1) is 18.7. The SMILES string of the molecule is CC.CC.CC1(C)CCCCC1.CCC/C(C)=C/C(C)=C\C(C)=C\OCC.CCN1CCCc2ccccc21. The molecule has 0 amide bonds. The minimum Gasteiger partial charge on any atom is -0.501 e. The largest absolute Gasteiger partial charge is 0.501 e. The first kappa shape index (κ1) is 39.2. The molecule has 39 heavy (non-hydrogen) atoms. The number of anilines is 1. The van der Waals surface area contributed by atoms with Crippen LogP contribution >= 0.6 is 0 Å². The van der Waals surface area contributed by atoms with E-state index >= 15 is 0 Å². The van der Waals surface area contributed by atoms with Gasteiger partial charge in [-0.25, -0.2) is 0 Å². The number of hydrogen-bond donors (Lipinski definition) is 0. The van der Waals surface area contributed by atoms with Gasteiger partial charge in [-0.1, -0.05) is 116 Å². The number of fused-ring (bicyclic) bond motifs is 1. The second-order valence-corrected chi connectivity index (χ2v) is 11.0. The Morgan fingerprint density at radius 1 is 0.846 bits per heavy atom. The Balaban J connectivity index is 0. The van der Waals surface area contributed by atoms with Crippen LogP contribution in [0.1, 0.15) is 140 Å². The Labute approximate surface area is 246 Å². The molecule has 0 saturated heterocycles. The highest BCUT2D eigenvalue weighted by atomic mass is 16.5. The van der Waals surface area contributed by atoms with Gasteiger partial charge in [0.15, 0.2) is 0 Å². The molecule has 2 nitrogen and oxygen atoms in total. The van der Waals surface area contributed by atoms with Crippen LogP contribution in [-0.4, -0.2) is 19.7 Å². The molecule has 0 radical (unpaired) electrons. The van der Waals surface area contributed by atoms with E-state index < -0.39 is 0 Å². The van der Waals surface area contributed by atoms with Crippen molar-refractivity contribution in [3.05, 3.63) is 65.0 Å². The molecule has 0 aromatic heterocycles. The van der Waals surface area contributed by atoms with Crippen LogP contribution in [0.4, 0.5) is 5.69 Å². The Morgan fingerprint density at radius 2 is 1.46 bits per heavy atom. The summed E-state index contributed by atoms with van der Waals surface area (Å²) in [6.45, 7) is 28.6. The second kappa shape index (κ2) is 25.0. The molecule has 0 spiro atoms. The molecule has 226 valence electrons. The van der Waals surface area contributed by atoms with Crippen LogP contribution in [0.5, 0.6) is 0 Å². The predicted octanol–water partition coefficient (Wildman–Crippen LogP) is 12.1. The van der Waals surface area contributed by atoms with E-state index in [1.54, 1.807) is 0 Å². The van der Waals surface area contributed by atoms with Crippen molar-refractivity contribution in [1.29, 1.82) is 0 Å². The summed E-state index contributed by atoms with van der Waals surface area (Å²) >= 11 is 0. The number of para-hydroxylation sites is 1. The topological polar surface area (TPSA) is 12.5 Å². The van der Waals surface area contributed by atoms with E-state index in [-0.39, 0.29) is 0 Å². The number of ether oxygens (including phenoxy) is 1. The minimum absolute atomic E-state index is 0.679. The summed E-state index contributed by atoms with van der Waals surface area (Å²) in [6.07, 6.45) is 18.5. The quantitative estimate of drug-likeness (QED) is 0.251. The molecule has 1 aromatic carbocycles. The lowest BCUT2D eigenvalue weighted by molar-refractivity contribution is 0.244. The maximum atomic E-state index is 5.22. The molecule has 1 fully saturated rings. The molecule has 2 heteroatoms. The van der Waals surface area contributed by atoms with Crippen molar-refractivity contribution in [1.82, 2.24) is 0 Å². The number of nitrogens with zero attached hydrogens (tertiary/aromatic N) is 1. The molecule has 0 atom stereocenters. The Kier molecular flexibility index (Phi) is 25.2. The van der Waals surface area contributed by atoms with Crippen LogP contribution in [-0.2, 0) is 11.2 Å². The summed E-state index contributed by atoms with van der Waals surface area (Å²) in [7, 11) is 0. The third-order valence-corrected chi connectivity index (χ3v) is 6.80. The number of hydrogen-bond acceptors (Lipinski definition) is 2. The third-order valence-electron chi connectivity index (χ3n) is 6.80. The molecular weight excluding hydrogens is 474 g/mol. The van der Waals surface area contributed by atoms with E-state index in [0.717, 1.165) is 18.7 Å². The lowest BCUT2D eigenvalue weighted by atomic mass is 9.78. The average molecular weight is 542 g/mol.